The summed E-state index contributed by atoms with van der Waals surface area (Å²) in [6.07, 6.45) is 1.51. The molecular formula is C22H16F2N4O3S2. The van der Waals surface area contributed by atoms with Crippen molar-refractivity contribution in [3.8, 4) is 5.75 Å². The predicted molar refractivity (Wildman–Crippen MR) is 124 cm³/mol. The fraction of sp³-hybridized carbons (Fsp3) is 0.0909. The second-order valence-electron chi connectivity index (χ2n) is 6.51. The number of thioether (sulfide) groups is 1. The molecule has 0 aliphatic carbocycles. The smallest absolute Gasteiger partial charge is 0.387 e. The average molecular weight is 487 g/mol. The van der Waals surface area contributed by atoms with Crippen LogP contribution >= 0.6 is 23.1 Å². The van der Waals surface area contributed by atoms with E-state index in [2.05, 4.69) is 25.3 Å². The molecule has 0 bridgehead atoms. The van der Waals surface area contributed by atoms with Crippen molar-refractivity contribution in [2.24, 2.45) is 0 Å². The van der Waals surface area contributed by atoms with Gasteiger partial charge in [0.05, 0.1) is 27.2 Å². The molecule has 0 aliphatic heterocycles. The highest BCUT2D eigenvalue weighted by Crippen LogP contribution is 2.28. The lowest BCUT2D eigenvalue weighted by atomic mass is 10.3. The van der Waals surface area contributed by atoms with Gasteiger partial charge in [-0.2, -0.15) is 8.78 Å². The highest BCUT2D eigenvalue weighted by Gasteiger charge is 2.17. The summed E-state index contributed by atoms with van der Waals surface area (Å²) in [5.41, 5.74) is 1.19. The Labute approximate surface area is 195 Å². The van der Waals surface area contributed by atoms with Crippen molar-refractivity contribution in [1.29, 1.82) is 0 Å². The summed E-state index contributed by atoms with van der Waals surface area (Å²) in [6.45, 7) is -3.01. The van der Waals surface area contributed by atoms with E-state index in [1.54, 1.807) is 18.2 Å². The Kier molecular flexibility index (Phi) is 7.10. The maximum atomic E-state index is 12.8. The highest BCUT2D eigenvalue weighted by molar-refractivity contribution is 8.00. The van der Waals surface area contributed by atoms with Crippen molar-refractivity contribution in [1.82, 2.24) is 9.97 Å². The van der Waals surface area contributed by atoms with Crippen molar-refractivity contribution >= 4 is 55.9 Å². The molecule has 4 aromatic rings. The normalized spacial score (nSPS) is 10.9. The van der Waals surface area contributed by atoms with E-state index in [9.17, 15) is 18.4 Å². The number of hydrogen-bond donors (Lipinski definition) is 2. The molecular weight excluding hydrogens is 470 g/mol. The van der Waals surface area contributed by atoms with Gasteiger partial charge >= 0.3 is 6.61 Å². The number of pyridine rings is 1. The number of carbonyl (C=O) groups excluding carboxylic acids is 2. The molecule has 0 aliphatic rings. The first-order valence-electron chi connectivity index (χ1n) is 9.58. The topological polar surface area (TPSA) is 93.2 Å². The Morgan fingerprint density at radius 1 is 1.03 bits per heavy atom. The van der Waals surface area contributed by atoms with Crippen molar-refractivity contribution < 1.29 is 23.1 Å². The van der Waals surface area contributed by atoms with Gasteiger partial charge in [-0.15, -0.1) is 0 Å². The van der Waals surface area contributed by atoms with Gasteiger partial charge in [-0.3, -0.25) is 14.9 Å². The minimum Gasteiger partial charge on any atom is -0.433 e. The van der Waals surface area contributed by atoms with Crippen molar-refractivity contribution in [2.45, 2.75) is 11.6 Å². The van der Waals surface area contributed by atoms with E-state index in [1.165, 1.54) is 35.7 Å². The van der Waals surface area contributed by atoms with Gasteiger partial charge in [0.15, 0.2) is 5.13 Å². The number of amides is 2. The fourth-order valence-electron chi connectivity index (χ4n) is 2.86. The van der Waals surface area contributed by atoms with E-state index in [0.29, 0.717) is 10.2 Å². The number of carbonyl (C=O) groups is 2. The molecule has 7 nitrogen and oxygen atoms in total. The van der Waals surface area contributed by atoms with E-state index in [4.69, 9.17) is 0 Å². The summed E-state index contributed by atoms with van der Waals surface area (Å²) < 4.78 is 30.5. The van der Waals surface area contributed by atoms with Crippen LogP contribution in [0.2, 0.25) is 0 Å². The zero-order chi connectivity index (χ0) is 23.2. The third-order valence-electron chi connectivity index (χ3n) is 4.25. The number of fused-ring (bicyclic) bond motifs is 1. The zero-order valence-corrected chi connectivity index (χ0v) is 18.5. The zero-order valence-electron chi connectivity index (χ0n) is 16.8. The minimum absolute atomic E-state index is 0.0958. The predicted octanol–water partition coefficient (Wildman–Crippen LogP) is 5.28. The average Bonchev–Trinajstić information content (AvgIpc) is 3.21. The van der Waals surface area contributed by atoms with Crippen LogP contribution in [0.5, 0.6) is 5.75 Å². The Bertz CT molecular complexity index is 1270. The van der Waals surface area contributed by atoms with Crippen molar-refractivity contribution in [3.05, 3.63) is 72.4 Å². The van der Waals surface area contributed by atoms with E-state index >= 15 is 0 Å². The van der Waals surface area contributed by atoms with Crippen LogP contribution in [0.15, 0.2) is 71.9 Å². The molecule has 0 unspecified atom stereocenters. The number of para-hydroxylation sites is 3. The molecule has 2 aromatic heterocycles. The second kappa shape index (κ2) is 10.4. The number of benzene rings is 2. The number of hydrogen-bond acceptors (Lipinski definition) is 7. The van der Waals surface area contributed by atoms with E-state index in [1.807, 2.05) is 24.3 Å². The van der Waals surface area contributed by atoms with Crippen LogP contribution in [0.4, 0.5) is 19.6 Å². The van der Waals surface area contributed by atoms with Crippen molar-refractivity contribution in [2.75, 3.05) is 16.4 Å². The number of halogens is 2. The number of ether oxygens (including phenoxy) is 1. The van der Waals surface area contributed by atoms with Gasteiger partial charge in [0.1, 0.15) is 10.8 Å². The third kappa shape index (κ3) is 5.82. The summed E-state index contributed by atoms with van der Waals surface area (Å²) in [5.74, 6) is -1.10. The standard InChI is InChI=1S/C22H16F2N4O3S2/c23-21(24)31-16-9-3-1-7-14(16)26-18(29)12-32-20-13(6-5-11-25-20)19(30)28-22-27-15-8-2-4-10-17(15)33-22/h1-11,21H,12H2,(H,26,29)(H,27,28,30). The molecule has 0 atom stereocenters. The number of thiazole rings is 1. The maximum absolute atomic E-state index is 12.8. The first-order valence-corrected chi connectivity index (χ1v) is 11.4. The Morgan fingerprint density at radius 2 is 1.82 bits per heavy atom. The number of rotatable bonds is 8. The van der Waals surface area contributed by atoms with Gasteiger partial charge in [0, 0.05) is 6.20 Å². The maximum Gasteiger partial charge on any atom is 0.387 e. The van der Waals surface area contributed by atoms with Crippen LogP contribution in [0, 0.1) is 0 Å². The van der Waals surface area contributed by atoms with E-state index < -0.39 is 18.4 Å². The fourth-order valence-corrected chi connectivity index (χ4v) is 4.51. The molecule has 168 valence electrons. The number of nitrogens with zero attached hydrogens (tertiary/aromatic N) is 2. The van der Waals surface area contributed by atoms with Crippen LogP contribution < -0.4 is 15.4 Å². The van der Waals surface area contributed by atoms with Crippen LogP contribution in [0.1, 0.15) is 10.4 Å². The molecule has 11 heteroatoms. The van der Waals surface area contributed by atoms with Crippen LogP contribution in [0.3, 0.4) is 0 Å². The summed E-state index contributed by atoms with van der Waals surface area (Å²) in [5, 5.41) is 6.11. The summed E-state index contributed by atoms with van der Waals surface area (Å²) >= 11 is 2.40. The Balaban J connectivity index is 1.41. The first-order chi connectivity index (χ1) is 16.0. The molecule has 0 saturated heterocycles. The van der Waals surface area contributed by atoms with Crippen molar-refractivity contribution in [3.63, 3.8) is 0 Å². The van der Waals surface area contributed by atoms with Gasteiger partial charge < -0.3 is 10.1 Å². The lowest BCUT2D eigenvalue weighted by Crippen LogP contribution is -2.17. The number of aromatic nitrogens is 2. The summed E-state index contributed by atoms with van der Waals surface area (Å²) in [6, 6.07) is 16.6. The summed E-state index contributed by atoms with van der Waals surface area (Å²) in [7, 11) is 0. The largest absolute Gasteiger partial charge is 0.433 e. The number of alkyl halides is 2. The molecule has 2 N–H and O–H groups in total. The molecule has 0 radical (unpaired) electrons. The number of anilines is 2. The lowest BCUT2D eigenvalue weighted by molar-refractivity contribution is -0.113. The monoisotopic (exact) mass is 486 g/mol. The number of nitrogens with one attached hydrogen (secondary N) is 2. The molecule has 0 fully saturated rings. The Morgan fingerprint density at radius 3 is 2.64 bits per heavy atom. The van der Waals surface area contributed by atoms with Crippen LogP contribution in [-0.4, -0.2) is 34.1 Å². The molecule has 33 heavy (non-hydrogen) atoms. The molecule has 4 rings (SSSR count). The highest BCUT2D eigenvalue weighted by atomic mass is 32.2. The molecule has 2 heterocycles. The second-order valence-corrected chi connectivity index (χ2v) is 8.50. The molecule has 2 aromatic carbocycles. The van der Waals surface area contributed by atoms with Crippen LogP contribution in [-0.2, 0) is 4.79 Å². The molecule has 2 amide bonds. The minimum atomic E-state index is -3.01. The van der Waals surface area contributed by atoms with Gasteiger partial charge in [0.25, 0.3) is 5.91 Å². The van der Waals surface area contributed by atoms with Crippen LogP contribution in [0.25, 0.3) is 10.2 Å². The summed E-state index contributed by atoms with van der Waals surface area (Å²) in [4.78, 5) is 33.8. The van der Waals surface area contributed by atoms with E-state index in [0.717, 1.165) is 22.0 Å². The third-order valence-corrected chi connectivity index (χ3v) is 6.20. The molecule has 0 saturated carbocycles. The molecule has 0 spiro atoms. The quantitative estimate of drug-likeness (QED) is 0.330. The SMILES string of the molecule is O=C(CSc1ncccc1C(=O)Nc1nc2ccccc2s1)Nc1ccccc1OC(F)F. The van der Waals surface area contributed by atoms with Gasteiger partial charge in [-0.1, -0.05) is 47.4 Å². The van der Waals surface area contributed by atoms with Gasteiger partial charge in [-0.25, -0.2) is 9.97 Å². The Hall–Kier alpha value is -3.57. The van der Waals surface area contributed by atoms with Gasteiger partial charge in [-0.05, 0) is 36.4 Å². The van der Waals surface area contributed by atoms with Gasteiger partial charge in [0.2, 0.25) is 5.91 Å². The first kappa shape index (κ1) is 22.6. The lowest BCUT2D eigenvalue weighted by Gasteiger charge is -2.12. The van der Waals surface area contributed by atoms with E-state index in [-0.39, 0.29) is 22.8 Å².